The molecule has 0 atom stereocenters. The van der Waals surface area contributed by atoms with Gasteiger partial charge in [0, 0.05) is 47.7 Å². The Morgan fingerprint density at radius 2 is 1.95 bits per heavy atom. The molecule has 3 rings (SSSR count). The second-order valence-corrected chi connectivity index (χ2v) is 6.31. The SMILES string of the molecule is Cc1ncc(CCNC(=O)c2ccc(-n3cccc3)cc2)s1. The molecule has 1 aromatic carbocycles. The van der Waals surface area contributed by atoms with Crippen LogP contribution >= 0.6 is 11.3 Å². The van der Waals surface area contributed by atoms with Crippen LogP contribution in [0, 0.1) is 6.92 Å². The smallest absolute Gasteiger partial charge is 0.251 e. The van der Waals surface area contributed by atoms with E-state index in [-0.39, 0.29) is 5.91 Å². The van der Waals surface area contributed by atoms with E-state index in [0.29, 0.717) is 12.1 Å². The first-order valence-electron chi connectivity index (χ1n) is 7.15. The summed E-state index contributed by atoms with van der Waals surface area (Å²) in [6.07, 6.45) is 6.65. The standard InChI is InChI=1S/C17H17N3OS/c1-13-19-12-16(22-13)8-9-18-17(21)14-4-6-15(7-5-14)20-10-2-3-11-20/h2-7,10-12H,8-9H2,1H3,(H,18,21). The van der Waals surface area contributed by atoms with Gasteiger partial charge >= 0.3 is 0 Å². The van der Waals surface area contributed by atoms with E-state index >= 15 is 0 Å². The summed E-state index contributed by atoms with van der Waals surface area (Å²) in [5.41, 5.74) is 1.72. The predicted octanol–water partition coefficient (Wildman–Crippen LogP) is 3.21. The summed E-state index contributed by atoms with van der Waals surface area (Å²) in [7, 11) is 0. The molecule has 0 radical (unpaired) electrons. The van der Waals surface area contributed by atoms with E-state index in [1.54, 1.807) is 11.3 Å². The lowest BCUT2D eigenvalue weighted by atomic mass is 10.2. The lowest BCUT2D eigenvalue weighted by Crippen LogP contribution is -2.25. The Morgan fingerprint density at radius 3 is 2.59 bits per heavy atom. The fourth-order valence-corrected chi connectivity index (χ4v) is 3.01. The molecule has 0 saturated heterocycles. The second kappa shape index (κ2) is 6.58. The zero-order valence-electron chi connectivity index (χ0n) is 12.3. The van der Waals surface area contributed by atoms with Gasteiger partial charge in [0.1, 0.15) is 0 Å². The predicted molar refractivity (Wildman–Crippen MR) is 88.7 cm³/mol. The second-order valence-electron chi connectivity index (χ2n) is 4.99. The molecule has 0 saturated carbocycles. The van der Waals surface area contributed by atoms with Gasteiger partial charge < -0.3 is 9.88 Å². The van der Waals surface area contributed by atoms with Gasteiger partial charge in [-0.2, -0.15) is 0 Å². The van der Waals surface area contributed by atoms with E-state index in [0.717, 1.165) is 17.1 Å². The molecule has 2 heterocycles. The summed E-state index contributed by atoms with van der Waals surface area (Å²) in [6.45, 7) is 2.61. The van der Waals surface area contributed by atoms with E-state index in [1.165, 1.54) is 4.88 Å². The van der Waals surface area contributed by atoms with Gasteiger partial charge in [-0.1, -0.05) is 0 Å². The van der Waals surface area contributed by atoms with E-state index in [2.05, 4.69) is 10.3 Å². The molecule has 0 aliphatic carbocycles. The number of hydrogen-bond donors (Lipinski definition) is 1. The number of aryl methyl sites for hydroxylation is 1. The van der Waals surface area contributed by atoms with Crippen LogP contribution in [0.25, 0.3) is 5.69 Å². The lowest BCUT2D eigenvalue weighted by molar-refractivity contribution is 0.0954. The molecule has 0 fully saturated rings. The van der Waals surface area contributed by atoms with Crippen molar-refractivity contribution in [3.8, 4) is 5.69 Å². The number of carbonyl (C=O) groups is 1. The Bertz CT molecular complexity index is 745. The van der Waals surface area contributed by atoms with Crippen LogP contribution in [-0.4, -0.2) is 22.0 Å². The number of nitrogens with zero attached hydrogens (tertiary/aromatic N) is 2. The van der Waals surface area contributed by atoms with E-state index in [1.807, 2.05) is 66.5 Å². The molecule has 22 heavy (non-hydrogen) atoms. The fraction of sp³-hybridized carbons (Fsp3) is 0.176. The number of thiazole rings is 1. The Hall–Kier alpha value is -2.40. The van der Waals surface area contributed by atoms with E-state index in [9.17, 15) is 4.79 Å². The number of carbonyl (C=O) groups excluding carboxylic acids is 1. The van der Waals surface area contributed by atoms with Crippen molar-refractivity contribution in [2.24, 2.45) is 0 Å². The average molecular weight is 311 g/mol. The summed E-state index contributed by atoms with van der Waals surface area (Å²) >= 11 is 1.67. The Balaban J connectivity index is 1.56. The first kappa shape index (κ1) is 14.5. The van der Waals surface area contributed by atoms with Crippen LogP contribution < -0.4 is 5.32 Å². The molecule has 0 aliphatic rings. The summed E-state index contributed by atoms with van der Waals surface area (Å²) in [6, 6.07) is 11.5. The minimum absolute atomic E-state index is 0.0414. The maximum Gasteiger partial charge on any atom is 0.251 e. The molecule has 0 spiro atoms. The van der Waals surface area contributed by atoms with Gasteiger partial charge in [-0.05, 0) is 43.3 Å². The highest BCUT2D eigenvalue weighted by Crippen LogP contribution is 2.12. The molecule has 1 amide bonds. The third-order valence-corrected chi connectivity index (χ3v) is 4.33. The summed E-state index contributed by atoms with van der Waals surface area (Å²) < 4.78 is 2.01. The third kappa shape index (κ3) is 3.43. The topological polar surface area (TPSA) is 46.9 Å². The van der Waals surface area contributed by atoms with Gasteiger partial charge in [0.05, 0.1) is 5.01 Å². The van der Waals surface area contributed by atoms with Crippen LogP contribution in [0.1, 0.15) is 20.2 Å². The third-order valence-electron chi connectivity index (χ3n) is 3.36. The highest BCUT2D eigenvalue weighted by molar-refractivity contribution is 7.11. The maximum absolute atomic E-state index is 12.1. The Labute approximate surface area is 133 Å². The lowest BCUT2D eigenvalue weighted by Gasteiger charge is -2.06. The average Bonchev–Trinajstić information content (AvgIpc) is 3.19. The van der Waals surface area contributed by atoms with Crippen molar-refractivity contribution in [3.63, 3.8) is 0 Å². The molecule has 2 aromatic heterocycles. The van der Waals surface area contributed by atoms with Gasteiger partial charge in [-0.25, -0.2) is 4.98 Å². The molecule has 3 aromatic rings. The largest absolute Gasteiger partial charge is 0.352 e. The Morgan fingerprint density at radius 1 is 1.23 bits per heavy atom. The molecule has 0 unspecified atom stereocenters. The van der Waals surface area contributed by atoms with E-state index in [4.69, 9.17) is 0 Å². The normalized spacial score (nSPS) is 10.6. The highest BCUT2D eigenvalue weighted by Gasteiger charge is 2.06. The molecule has 112 valence electrons. The number of amides is 1. The van der Waals surface area contributed by atoms with Crippen molar-refractivity contribution in [2.45, 2.75) is 13.3 Å². The van der Waals surface area contributed by atoms with Crippen molar-refractivity contribution in [1.29, 1.82) is 0 Å². The van der Waals surface area contributed by atoms with Gasteiger partial charge in [-0.15, -0.1) is 11.3 Å². The molecule has 0 bridgehead atoms. The molecular formula is C17H17N3OS. The quantitative estimate of drug-likeness (QED) is 0.786. The van der Waals surface area contributed by atoms with Crippen LogP contribution in [0.3, 0.4) is 0 Å². The van der Waals surface area contributed by atoms with Crippen molar-refractivity contribution in [1.82, 2.24) is 14.9 Å². The van der Waals surface area contributed by atoms with Gasteiger partial charge in [0.15, 0.2) is 0 Å². The first-order chi connectivity index (χ1) is 10.7. The van der Waals surface area contributed by atoms with E-state index < -0.39 is 0 Å². The number of hydrogen-bond acceptors (Lipinski definition) is 3. The number of rotatable bonds is 5. The molecule has 1 N–H and O–H groups in total. The van der Waals surface area contributed by atoms with Crippen molar-refractivity contribution in [2.75, 3.05) is 6.54 Å². The summed E-state index contributed by atoms with van der Waals surface area (Å²) in [4.78, 5) is 17.5. The first-order valence-corrected chi connectivity index (χ1v) is 7.97. The van der Waals surface area contributed by atoms with Crippen LogP contribution in [-0.2, 0) is 6.42 Å². The van der Waals surface area contributed by atoms with Crippen LogP contribution in [0.4, 0.5) is 0 Å². The number of aromatic nitrogens is 2. The van der Waals surface area contributed by atoms with Crippen molar-refractivity contribution in [3.05, 3.63) is 70.4 Å². The monoisotopic (exact) mass is 311 g/mol. The minimum Gasteiger partial charge on any atom is -0.352 e. The minimum atomic E-state index is -0.0414. The molecule has 0 aliphatic heterocycles. The fourth-order valence-electron chi connectivity index (χ4n) is 2.21. The molecule has 5 heteroatoms. The van der Waals surface area contributed by atoms with Gasteiger partial charge in [-0.3, -0.25) is 4.79 Å². The zero-order chi connectivity index (χ0) is 15.4. The van der Waals surface area contributed by atoms with Gasteiger partial charge in [0.2, 0.25) is 0 Å². The van der Waals surface area contributed by atoms with Crippen LogP contribution in [0.2, 0.25) is 0 Å². The number of nitrogens with one attached hydrogen (secondary N) is 1. The van der Waals surface area contributed by atoms with Crippen LogP contribution in [0.5, 0.6) is 0 Å². The van der Waals surface area contributed by atoms with Crippen LogP contribution in [0.15, 0.2) is 55.0 Å². The molecular weight excluding hydrogens is 294 g/mol. The number of benzene rings is 1. The molecule has 4 nitrogen and oxygen atoms in total. The van der Waals surface area contributed by atoms with Crippen molar-refractivity contribution >= 4 is 17.2 Å². The highest BCUT2D eigenvalue weighted by atomic mass is 32.1. The zero-order valence-corrected chi connectivity index (χ0v) is 13.1. The summed E-state index contributed by atoms with van der Waals surface area (Å²) in [5.74, 6) is -0.0414. The van der Waals surface area contributed by atoms with Crippen molar-refractivity contribution < 1.29 is 4.79 Å². The van der Waals surface area contributed by atoms with Gasteiger partial charge in [0.25, 0.3) is 5.91 Å². The summed E-state index contributed by atoms with van der Waals surface area (Å²) in [5, 5.41) is 4.00. The maximum atomic E-state index is 12.1. The Kier molecular flexibility index (Phi) is 4.34.